The second-order valence-corrected chi connectivity index (χ2v) is 5.53. The zero-order valence-corrected chi connectivity index (χ0v) is 13.5. The maximum Gasteiger partial charge on any atom is 0.271 e. The van der Waals surface area contributed by atoms with Gasteiger partial charge in [-0.25, -0.2) is 5.43 Å². The van der Waals surface area contributed by atoms with Gasteiger partial charge in [0.15, 0.2) is 0 Å². The molecular weight excluding hydrogens is 296 g/mol. The molecule has 0 spiro atoms. The number of halogens is 1. The molecule has 0 saturated carbocycles. The van der Waals surface area contributed by atoms with Gasteiger partial charge in [0.05, 0.1) is 5.71 Å². The van der Waals surface area contributed by atoms with Crippen molar-refractivity contribution in [2.75, 3.05) is 0 Å². The molecule has 0 aliphatic heterocycles. The van der Waals surface area contributed by atoms with Crippen molar-refractivity contribution in [1.29, 1.82) is 0 Å². The predicted octanol–water partition coefficient (Wildman–Crippen LogP) is 4.45. The standard InChI is InChI=1S/C18H19ClN2O/c1-3-4-14-5-7-15(8-6-14)13(2)20-21-18(22)16-9-11-17(19)12-10-16/h5-12H,3-4H2,1-2H3,(H,21,22)/b20-13+. The van der Waals surface area contributed by atoms with E-state index in [9.17, 15) is 4.79 Å². The van der Waals surface area contributed by atoms with Crippen LogP contribution in [0.5, 0.6) is 0 Å². The largest absolute Gasteiger partial charge is 0.271 e. The number of hydrazone groups is 1. The molecular formula is C18H19ClN2O. The monoisotopic (exact) mass is 314 g/mol. The average molecular weight is 315 g/mol. The Kier molecular flexibility index (Phi) is 5.73. The number of aryl methyl sites for hydroxylation is 1. The minimum absolute atomic E-state index is 0.251. The van der Waals surface area contributed by atoms with Gasteiger partial charge in [-0.05, 0) is 48.7 Å². The number of carbonyl (C=O) groups is 1. The summed E-state index contributed by atoms with van der Waals surface area (Å²) < 4.78 is 0. The third kappa shape index (κ3) is 4.43. The number of amides is 1. The quantitative estimate of drug-likeness (QED) is 0.643. The average Bonchev–Trinajstić information content (AvgIpc) is 2.54. The van der Waals surface area contributed by atoms with Crippen molar-refractivity contribution in [3.63, 3.8) is 0 Å². The van der Waals surface area contributed by atoms with Crippen LogP contribution in [-0.4, -0.2) is 11.6 Å². The van der Waals surface area contributed by atoms with E-state index < -0.39 is 0 Å². The number of hydrogen-bond donors (Lipinski definition) is 1. The summed E-state index contributed by atoms with van der Waals surface area (Å²) in [7, 11) is 0. The van der Waals surface area contributed by atoms with E-state index in [4.69, 9.17) is 11.6 Å². The molecule has 0 bridgehead atoms. The Hall–Kier alpha value is -2.13. The van der Waals surface area contributed by atoms with Crippen LogP contribution in [0.2, 0.25) is 5.02 Å². The van der Waals surface area contributed by atoms with Crippen LogP contribution in [0, 0.1) is 0 Å². The van der Waals surface area contributed by atoms with Crippen molar-refractivity contribution >= 4 is 23.2 Å². The fraction of sp³-hybridized carbons (Fsp3) is 0.222. The van der Waals surface area contributed by atoms with E-state index in [-0.39, 0.29) is 5.91 Å². The van der Waals surface area contributed by atoms with E-state index in [1.165, 1.54) is 5.56 Å². The zero-order chi connectivity index (χ0) is 15.9. The van der Waals surface area contributed by atoms with Crippen LogP contribution in [0.15, 0.2) is 53.6 Å². The topological polar surface area (TPSA) is 41.5 Å². The normalized spacial score (nSPS) is 11.3. The predicted molar refractivity (Wildman–Crippen MR) is 91.6 cm³/mol. The molecule has 0 aromatic heterocycles. The van der Waals surface area contributed by atoms with E-state index >= 15 is 0 Å². The molecule has 0 unspecified atom stereocenters. The minimum atomic E-state index is -0.251. The molecule has 0 radical (unpaired) electrons. The fourth-order valence-electron chi connectivity index (χ4n) is 2.07. The van der Waals surface area contributed by atoms with Gasteiger partial charge in [-0.3, -0.25) is 4.79 Å². The smallest absolute Gasteiger partial charge is 0.267 e. The Morgan fingerprint density at radius 2 is 1.64 bits per heavy atom. The Bertz CT molecular complexity index is 660. The summed E-state index contributed by atoms with van der Waals surface area (Å²) in [4.78, 5) is 12.0. The van der Waals surface area contributed by atoms with Crippen molar-refractivity contribution < 1.29 is 4.79 Å². The number of hydrogen-bond acceptors (Lipinski definition) is 2. The van der Waals surface area contributed by atoms with Gasteiger partial charge in [-0.2, -0.15) is 5.10 Å². The van der Waals surface area contributed by atoms with Crippen molar-refractivity contribution in [2.45, 2.75) is 26.7 Å². The van der Waals surface area contributed by atoms with Crippen LogP contribution in [0.4, 0.5) is 0 Å². The van der Waals surface area contributed by atoms with Crippen LogP contribution < -0.4 is 5.43 Å². The molecule has 0 saturated heterocycles. The third-order valence-electron chi connectivity index (χ3n) is 3.34. The summed E-state index contributed by atoms with van der Waals surface area (Å²) in [6.45, 7) is 4.03. The van der Waals surface area contributed by atoms with Gasteiger partial charge < -0.3 is 0 Å². The van der Waals surface area contributed by atoms with E-state index in [1.54, 1.807) is 24.3 Å². The molecule has 0 heterocycles. The van der Waals surface area contributed by atoms with Crippen LogP contribution in [-0.2, 0) is 6.42 Å². The van der Waals surface area contributed by atoms with Crippen LogP contribution in [0.1, 0.15) is 41.8 Å². The van der Waals surface area contributed by atoms with Gasteiger partial charge in [0.2, 0.25) is 0 Å². The molecule has 2 aromatic rings. The maximum atomic E-state index is 12.0. The lowest BCUT2D eigenvalue weighted by atomic mass is 10.1. The van der Waals surface area contributed by atoms with Gasteiger partial charge in [-0.15, -0.1) is 0 Å². The maximum absolute atomic E-state index is 12.0. The summed E-state index contributed by atoms with van der Waals surface area (Å²) in [5.41, 5.74) is 6.16. The first-order valence-electron chi connectivity index (χ1n) is 7.29. The van der Waals surface area contributed by atoms with Crippen LogP contribution in [0.25, 0.3) is 0 Å². The highest BCUT2D eigenvalue weighted by Crippen LogP contribution is 2.10. The molecule has 0 fully saturated rings. The van der Waals surface area contributed by atoms with Crippen LogP contribution >= 0.6 is 11.6 Å². The van der Waals surface area contributed by atoms with E-state index in [0.29, 0.717) is 10.6 Å². The first kappa shape index (κ1) is 16.2. The lowest BCUT2D eigenvalue weighted by Crippen LogP contribution is -2.19. The summed E-state index contributed by atoms with van der Waals surface area (Å²) in [6.07, 6.45) is 2.20. The zero-order valence-electron chi connectivity index (χ0n) is 12.8. The number of nitrogens with one attached hydrogen (secondary N) is 1. The lowest BCUT2D eigenvalue weighted by molar-refractivity contribution is 0.0955. The fourth-order valence-corrected chi connectivity index (χ4v) is 2.19. The number of rotatable bonds is 5. The van der Waals surface area contributed by atoms with E-state index in [1.807, 2.05) is 19.1 Å². The van der Waals surface area contributed by atoms with Gasteiger partial charge in [-0.1, -0.05) is 49.2 Å². The molecule has 4 heteroatoms. The highest BCUT2D eigenvalue weighted by atomic mass is 35.5. The number of nitrogens with zero attached hydrogens (tertiary/aromatic N) is 1. The van der Waals surface area contributed by atoms with Gasteiger partial charge >= 0.3 is 0 Å². The SMILES string of the molecule is CCCc1ccc(/C(C)=N/NC(=O)c2ccc(Cl)cc2)cc1. The molecule has 2 aromatic carbocycles. The molecule has 2 rings (SSSR count). The van der Waals surface area contributed by atoms with Crippen molar-refractivity contribution in [3.05, 3.63) is 70.2 Å². The molecule has 1 N–H and O–H groups in total. The summed E-state index contributed by atoms with van der Waals surface area (Å²) >= 11 is 5.80. The highest BCUT2D eigenvalue weighted by molar-refractivity contribution is 6.30. The summed E-state index contributed by atoms with van der Waals surface area (Å²) in [6, 6.07) is 14.9. The van der Waals surface area contributed by atoms with Crippen molar-refractivity contribution in [3.8, 4) is 0 Å². The molecule has 22 heavy (non-hydrogen) atoms. The number of carbonyl (C=O) groups excluding carboxylic acids is 1. The Balaban J connectivity index is 2.02. The van der Waals surface area contributed by atoms with Crippen molar-refractivity contribution in [2.24, 2.45) is 5.10 Å². The number of benzene rings is 2. The summed E-state index contributed by atoms with van der Waals surface area (Å²) in [5, 5.41) is 4.75. The second-order valence-electron chi connectivity index (χ2n) is 5.09. The Labute approximate surface area is 136 Å². The molecule has 114 valence electrons. The summed E-state index contributed by atoms with van der Waals surface area (Å²) in [5.74, 6) is -0.251. The molecule has 0 aliphatic rings. The molecule has 1 amide bonds. The lowest BCUT2D eigenvalue weighted by Gasteiger charge is -2.05. The molecule has 3 nitrogen and oxygen atoms in total. The van der Waals surface area contributed by atoms with Gasteiger partial charge in [0.1, 0.15) is 0 Å². The molecule has 0 aliphatic carbocycles. The first-order chi connectivity index (χ1) is 10.6. The van der Waals surface area contributed by atoms with Crippen molar-refractivity contribution in [1.82, 2.24) is 5.43 Å². The van der Waals surface area contributed by atoms with Gasteiger partial charge in [0, 0.05) is 10.6 Å². The Morgan fingerprint density at radius 1 is 1.05 bits per heavy atom. The molecule has 0 atom stereocenters. The second kappa shape index (κ2) is 7.76. The third-order valence-corrected chi connectivity index (χ3v) is 3.59. The highest BCUT2D eigenvalue weighted by Gasteiger charge is 2.04. The minimum Gasteiger partial charge on any atom is -0.267 e. The van der Waals surface area contributed by atoms with Crippen LogP contribution in [0.3, 0.4) is 0 Å². The van der Waals surface area contributed by atoms with E-state index in [0.717, 1.165) is 24.1 Å². The first-order valence-corrected chi connectivity index (χ1v) is 7.67. The van der Waals surface area contributed by atoms with E-state index in [2.05, 4.69) is 29.6 Å². The Morgan fingerprint density at radius 3 is 2.23 bits per heavy atom. The van der Waals surface area contributed by atoms with Gasteiger partial charge in [0.25, 0.3) is 5.91 Å².